The van der Waals surface area contributed by atoms with Crippen LogP contribution in [0.1, 0.15) is 6.92 Å². The summed E-state index contributed by atoms with van der Waals surface area (Å²) in [6.45, 7) is 5.27. The number of hydrazone groups is 1. The van der Waals surface area contributed by atoms with Crippen molar-refractivity contribution in [2.75, 3.05) is 5.43 Å². The monoisotopic (exact) mass is 250 g/mol. The fourth-order valence-electron chi connectivity index (χ4n) is 1.09. The molecule has 1 rings (SSSR count). The zero-order valence-electron chi connectivity index (χ0n) is 9.49. The van der Waals surface area contributed by atoms with Crippen molar-refractivity contribution in [1.29, 1.82) is 0 Å². The van der Waals surface area contributed by atoms with Crippen LogP contribution in [0.3, 0.4) is 0 Å². The summed E-state index contributed by atoms with van der Waals surface area (Å²) in [5.41, 5.74) is 2.40. The highest BCUT2D eigenvalue weighted by Gasteiger charge is 2.18. The predicted molar refractivity (Wildman–Crippen MR) is 66.7 cm³/mol. The van der Waals surface area contributed by atoms with Gasteiger partial charge in [-0.1, -0.05) is 6.58 Å². The van der Waals surface area contributed by atoms with Crippen LogP contribution in [-0.2, 0) is 0 Å². The maximum atomic E-state index is 10.8. The minimum atomic E-state index is -0.717. The second-order valence-corrected chi connectivity index (χ2v) is 3.43. The summed E-state index contributed by atoms with van der Waals surface area (Å²) in [6.07, 6.45) is 1.38. The van der Waals surface area contributed by atoms with E-state index in [1.807, 2.05) is 0 Å². The molecule has 0 radical (unpaired) electrons. The predicted octanol–water partition coefficient (Wildman–Crippen LogP) is 2.48. The molecule has 94 valence electrons. The summed E-state index contributed by atoms with van der Waals surface area (Å²) < 4.78 is 0. The third-order valence-electron chi connectivity index (χ3n) is 1.86. The van der Waals surface area contributed by atoms with Gasteiger partial charge in [0.2, 0.25) is 0 Å². The average Bonchev–Trinajstić information content (AvgIpc) is 2.28. The Morgan fingerprint density at radius 3 is 2.56 bits per heavy atom. The van der Waals surface area contributed by atoms with E-state index in [2.05, 4.69) is 17.1 Å². The third-order valence-corrected chi connectivity index (χ3v) is 1.86. The van der Waals surface area contributed by atoms with Crippen LogP contribution in [-0.4, -0.2) is 16.1 Å². The van der Waals surface area contributed by atoms with Crippen LogP contribution in [0.5, 0.6) is 0 Å². The molecule has 0 aliphatic heterocycles. The lowest BCUT2D eigenvalue weighted by atomic mass is 10.2. The van der Waals surface area contributed by atoms with Gasteiger partial charge in [-0.15, -0.1) is 0 Å². The number of anilines is 1. The summed E-state index contributed by atoms with van der Waals surface area (Å²) in [4.78, 5) is 19.9. The van der Waals surface area contributed by atoms with Crippen molar-refractivity contribution in [2.24, 2.45) is 5.10 Å². The molecule has 18 heavy (non-hydrogen) atoms. The lowest BCUT2D eigenvalue weighted by molar-refractivity contribution is -0.393. The molecule has 0 fully saturated rings. The fourth-order valence-corrected chi connectivity index (χ4v) is 1.09. The van der Waals surface area contributed by atoms with Gasteiger partial charge in [0, 0.05) is 12.3 Å². The SMILES string of the molecule is C=C(C)/C=N/Nc1ccc([N+](=O)[O-])cc1[N+](=O)[O-]. The molecule has 0 spiro atoms. The number of allylic oxidation sites excluding steroid dienone is 1. The van der Waals surface area contributed by atoms with Gasteiger partial charge in [-0.2, -0.15) is 5.10 Å². The number of nitrogens with zero attached hydrogens (tertiary/aromatic N) is 3. The van der Waals surface area contributed by atoms with E-state index < -0.39 is 15.5 Å². The summed E-state index contributed by atoms with van der Waals surface area (Å²) in [6, 6.07) is 3.26. The number of nitrogens with one attached hydrogen (secondary N) is 1. The van der Waals surface area contributed by atoms with Crippen LogP contribution in [0.2, 0.25) is 0 Å². The highest BCUT2D eigenvalue weighted by molar-refractivity contribution is 5.78. The first-order chi connectivity index (χ1) is 8.41. The smallest absolute Gasteiger partial charge is 0.272 e. The van der Waals surface area contributed by atoms with Crippen LogP contribution in [0.15, 0.2) is 35.5 Å². The van der Waals surface area contributed by atoms with Crippen molar-refractivity contribution >= 4 is 23.3 Å². The van der Waals surface area contributed by atoms with Crippen LogP contribution in [0, 0.1) is 20.2 Å². The first kappa shape index (κ1) is 13.3. The lowest BCUT2D eigenvalue weighted by Gasteiger charge is -2.01. The van der Waals surface area contributed by atoms with Crippen LogP contribution < -0.4 is 5.43 Å². The van der Waals surface area contributed by atoms with Crippen molar-refractivity contribution in [3.8, 4) is 0 Å². The maximum absolute atomic E-state index is 10.8. The van der Waals surface area contributed by atoms with E-state index in [1.54, 1.807) is 6.92 Å². The quantitative estimate of drug-likeness (QED) is 0.490. The highest BCUT2D eigenvalue weighted by atomic mass is 16.6. The molecule has 0 atom stereocenters. The standard InChI is InChI=1S/C10H10N4O4/c1-7(2)6-11-12-9-4-3-8(13(15)16)5-10(9)14(17)18/h3-6,12H,1H2,2H3/b11-6+. The first-order valence-electron chi connectivity index (χ1n) is 4.79. The van der Waals surface area contributed by atoms with Gasteiger partial charge in [0.15, 0.2) is 0 Å². The average molecular weight is 250 g/mol. The van der Waals surface area contributed by atoms with Crippen molar-refractivity contribution in [1.82, 2.24) is 0 Å². The summed E-state index contributed by atoms with van der Waals surface area (Å²) in [5, 5.41) is 25.0. The molecule has 0 aliphatic carbocycles. The summed E-state index contributed by atoms with van der Waals surface area (Å²) in [7, 11) is 0. The summed E-state index contributed by atoms with van der Waals surface area (Å²) >= 11 is 0. The normalized spacial score (nSPS) is 10.3. The van der Waals surface area contributed by atoms with Gasteiger partial charge < -0.3 is 0 Å². The van der Waals surface area contributed by atoms with Gasteiger partial charge in [-0.05, 0) is 18.6 Å². The molecule has 0 bridgehead atoms. The lowest BCUT2D eigenvalue weighted by Crippen LogP contribution is -1.98. The third kappa shape index (κ3) is 3.37. The topological polar surface area (TPSA) is 111 Å². The molecule has 0 saturated carbocycles. The molecule has 0 saturated heterocycles. The first-order valence-corrected chi connectivity index (χ1v) is 4.79. The second kappa shape index (κ2) is 5.53. The van der Waals surface area contributed by atoms with Crippen molar-refractivity contribution in [3.63, 3.8) is 0 Å². The van der Waals surface area contributed by atoms with Crippen molar-refractivity contribution < 1.29 is 9.85 Å². The van der Waals surface area contributed by atoms with E-state index in [0.717, 1.165) is 12.1 Å². The maximum Gasteiger partial charge on any atom is 0.301 e. The van der Waals surface area contributed by atoms with E-state index in [1.165, 1.54) is 12.3 Å². The Hall–Kier alpha value is -2.77. The Morgan fingerprint density at radius 1 is 1.39 bits per heavy atom. The molecule has 0 heterocycles. The highest BCUT2D eigenvalue weighted by Crippen LogP contribution is 2.28. The largest absolute Gasteiger partial charge is 0.301 e. The summed E-state index contributed by atoms with van der Waals surface area (Å²) in [5.74, 6) is 0. The molecule has 8 heteroatoms. The number of nitro benzene ring substituents is 2. The number of hydrogen-bond donors (Lipinski definition) is 1. The van der Waals surface area contributed by atoms with E-state index >= 15 is 0 Å². The van der Waals surface area contributed by atoms with E-state index in [4.69, 9.17) is 0 Å². The Morgan fingerprint density at radius 2 is 2.06 bits per heavy atom. The number of nitro groups is 2. The van der Waals surface area contributed by atoms with Crippen LogP contribution in [0.4, 0.5) is 17.1 Å². The molecule has 1 aromatic carbocycles. The molecule has 0 amide bonds. The Balaban J connectivity index is 3.08. The van der Waals surface area contributed by atoms with Gasteiger partial charge >= 0.3 is 5.69 Å². The van der Waals surface area contributed by atoms with Crippen LogP contribution >= 0.6 is 0 Å². The van der Waals surface area contributed by atoms with Gasteiger partial charge in [-0.3, -0.25) is 25.7 Å². The van der Waals surface area contributed by atoms with E-state index in [0.29, 0.717) is 5.57 Å². The number of hydrogen-bond acceptors (Lipinski definition) is 6. The Kier molecular flexibility index (Phi) is 4.08. The minimum absolute atomic E-state index is 0.0723. The van der Waals surface area contributed by atoms with Gasteiger partial charge in [-0.25, -0.2) is 0 Å². The second-order valence-electron chi connectivity index (χ2n) is 3.43. The van der Waals surface area contributed by atoms with Crippen molar-refractivity contribution in [3.05, 3.63) is 50.6 Å². The zero-order chi connectivity index (χ0) is 13.7. The zero-order valence-corrected chi connectivity index (χ0v) is 9.49. The molecule has 1 N–H and O–H groups in total. The number of benzene rings is 1. The van der Waals surface area contributed by atoms with Gasteiger partial charge in [0.25, 0.3) is 5.69 Å². The van der Waals surface area contributed by atoms with Crippen LogP contribution in [0.25, 0.3) is 0 Å². The Bertz CT molecular complexity index is 539. The molecule has 8 nitrogen and oxygen atoms in total. The Labute approximate surface area is 102 Å². The van der Waals surface area contributed by atoms with Crippen molar-refractivity contribution in [2.45, 2.75) is 6.92 Å². The van der Waals surface area contributed by atoms with Gasteiger partial charge in [0.1, 0.15) is 5.69 Å². The molecule has 0 aliphatic rings. The van der Waals surface area contributed by atoms with Gasteiger partial charge in [0.05, 0.1) is 15.9 Å². The molecule has 0 aromatic heterocycles. The van der Waals surface area contributed by atoms with E-state index in [-0.39, 0.29) is 11.4 Å². The number of rotatable bonds is 5. The minimum Gasteiger partial charge on any atom is -0.272 e. The molecular weight excluding hydrogens is 240 g/mol. The fraction of sp³-hybridized carbons (Fsp3) is 0.100. The van der Waals surface area contributed by atoms with E-state index in [9.17, 15) is 20.2 Å². The molecule has 0 unspecified atom stereocenters. The molecular formula is C10H10N4O4. The number of non-ortho nitro benzene ring substituents is 1. The molecule has 1 aromatic rings.